The third-order valence-corrected chi connectivity index (χ3v) is 6.59. The highest BCUT2D eigenvalue weighted by Crippen LogP contribution is 2.34. The van der Waals surface area contributed by atoms with Gasteiger partial charge in [0.05, 0.1) is 13.0 Å². The van der Waals surface area contributed by atoms with Gasteiger partial charge < -0.3 is 24.1 Å². The third kappa shape index (κ3) is 4.36. The first-order chi connectivity index (χ1) is 18.1. The molecule has 1 aliphatic heterocycles. The molecule has 0 unspecified atom stereocenters. The van der Waals surface area contributed by atoms with Crippen LogP contribution in [0.1, 0.15) is 6.42 Å². The maximum absolute atomic E-state index is 13.0. The minimum atomic E-state index is -0.455. The van der Waals surface area contributed by atoms with Crippen molar-refractivity contribution < 1.29 is 23.5 Å². The number of furan rings is 1. The Hall–Kier alpha value is -4.78. The SMILES string of the molecule is COc1ccccc1Oc1ccc(N2C[C@H](C(=O)Nc3ccc4c(c3)oc3ccccc34)CC2=O)cc1. The minimum absolute atomic E-state index is 0.0914. The summed E-state index contributed by atoms with van der Waals surface area (Å²) in [6.07, 6.45) is 0.151. The first-order valence-electron chi connectivity index (χ1n) is 12.0. The first-order valence-corrected chi connectivity index (χ1v) is 12.0. The number of carbonyl (C=O) groups is 2. The number of nitrogens with zero attached hydrogens (tertiary/aromatic N) is 1. The molecule has 1 atom stereocenters. The quantitative estimate of drug-likeness (QED) is 0.298. The highest BCUT2D eigenvalue weighted by molar-refractivity contribution is 6.07. The second-order valence-electron chi connectivity index (χ2n) is 8.95. The zero-order valence-corrected chi connectivity index (χ0v) is 20.1. The Morgan fingerprint density at radius 3 is 2.43 bits per heavy atom. The average molecular weight is 493 g/mol. The van der Waals surface area contributed by atoms with Crippen LogP contribution in [0.3, 0.4) is 0 Å². The van der Waals surface area contributed by atoms with Crippen LogP contribution in [0.4, 0.5) is 11.4 Å². The van der Waals surface area contributed by atoms with Crippen molar-refractivity contribution in [2.75, 3.05) is 23.9 Å². The van der Waals surface area contributed by atoms with Gasteiger partial charge in [-0.2, -0.15) is 0 Å². The van der Waals surface area contributed by atoms with E-state index in [1.807, 2.05) is 78.9 Å². The normalized spacial score (nSPS) is 15.3. The summed E-state index contributed by atoms with van der Waals surface area (Å²) in [4.78, 5) is 27.4. The van der Waals surface area contributed by atoms with Gasteiger partial charge in [0, 0.05) is 41.2 Å². The molecule has 1 aromatic heterocycles. The molecule has 0 bridgehead atoms. The summed E-state index contributed by atoms with van der Waals surface area (Å²) in [5.74, 6) is 1.12. The summed E-state index contributed by atoms with van der Waals surface area (Å²) in [6, 6.07) is 28.1. The van der Waals surface area contributed by atoms with E-state index in [0.717, 1.165) is 22.0 Å². The molecule has 5 aromatic rings. The molecule has 1 fully saturated rings. The lowest BCUT2D eigenvalue weighted by atomic mass is 10.1. The number of fused-ring (bicyclic) bond motifs is 3. The number of nitrogens with one attached hydrogen (secondary N) is 1. The van der Waals surface area contributed by atoms with Crippen LogP contribution in [-0.4, -0.2) is 25.5 Å². The van der Waals surface area contributed by atoms with Crippen molar-refractivity contribution >= 4 is 45.1 Å². The number of carbonyl (C=O) groups excluding carboxylic acids is 2. The Balaban J connectivity index is 1.13. The van der Waals surface area contributed by atoms with E-state index in [1.54, 1.807) is 24.1 Å². The number of para-hydroxylation sites is 3. The van der Waals surface area contributed by atoms with Gasteiger partial charge in [-0.25, -0.2) is 0 Å². The Labute approximate surface area is 213 Å². The molecule has 1 saturated heterocycles. The van der Waals surface area contributed by atoms with E-state index >= 15 is 0 Å². The molecule has 2 heterocycles. The molecular formula is C30H24N2O5. The highest BCUT2D eigenvalue weighted by atomic mass is 16.5. The van der Waals surface area contributed by atoms with Crippen LogP contribution in [0.25, 0.3) is 21.9 Å². The maximum Gasteiger partial charge on any atom is 0.229 e. The van der Waals surface area contributed by atoms with Crippen LogP contribution in [0, 0.1) is 5.92 Å². The van der Waals surface area contributed by atoms with Crippen molar-refractivity contribution in [3.63, 3.8) is 0 Å². The number of benzene rings is 4. The van der Waals surface area contributed by atoms with Gasteiger partial charge >= 0.3 is 0 Å². The van der Waals surface area contributed by atoms with Crippen molar-refractivity contribution in [1.82, 2.24) is 0 Å². The molecule has 7 nitrogen and oxygen atoms in total. The zero-order chi connectivity index (χ0) is 25.4. The van der Waals surface area contributed by atoms with Gasteiger partial charge in [0.2, 0.25) is 11.8 Å². The number of anilines is 2. The summed E-state index contributed by atoms with van der Waals surface area (Å²) in [5, 5.41) is 4.98. The summed E-state index contributed by atoms with van der Waals surface area (Å²) in [5.41, 5.74) is 2.87. The summed E-state index contributed by atoms with van der Waals surface area (Å²) in [6.45, 7) is 0.310. The smallest absolute Gasteiger partial charge is 0.229 e. The van der Waals surface area contributed by atoms with Gasteiger partial charge in [0.1, 0.15) is 16.9 Å². The summed E-state index contributed by atoms with van der Waals surface area (Å²) >= 11 is 0. The highest BCUT2D eigenvalue weighted by Gasteiger charge is 2.35. The number of hydrogen-bond donors (Lipinski definition) is 1. The third-order valence-electron chi connectivity index (χ3n) is 6.59. The Kier molecular flexibility index (Phi) is 5.73. The molecule has 184 valence electrons. The van der Waals surface area contributed by atoms with E-state index in [9.17, 15) is 9.59 Å². The standard InChI is InChI=1S/C30H24N2O5/c1-35-26-8-4-5-9-27(26)36-22-13-11-21(12-14-22)32-18-19(16-29(32)33)30(34)31-20-10-15-24-23-6-2-3-7-25(23)37-28(24)17-20/h2-15,17,19H,16,18H2,1H3,(H,31,34)/t19-/m1/s1. The fourth-order valence-corrected chi connectivity index (χ4v) is 4.70. The Morgan fingerprint density at radius 1 is 0.892 bits per heavy atom. The molecule has 4 aromatic carbocycles. The zero-order valence-electron chi connectivity index (χ0n) is 20.1. The Morgan fingerprint density at radius 2 is 1.62 bits per heavy atom. The van der Waals surface area contributed by atoms with Crippen molar-refractivity contribution in [1.29, 1.82) is 0 Å². The van der Waals surface area contributed by atoms with Crippen LogP contribution >= 0.6 is 0 Å². The van der Waals surface area contributed by atoms with Crippen molar-refractivity contribution in [3.8, 4) is 17.2 Å². The largest absolute Gasteiger partial charge is 0.493 e. The predicted octanol–water partition coefficient (Wildman–Crippen LogP) is 6.38. The lowest BCUT2D eigenvalue weighted by Crippen LogP contribution is -2.28. The van der Waals surface area contributed by atoms with Crippen LogP contribution < -0.4 is 19.7 Å². The molecule has 2 amide bonds. The van der Waals surface area contributed by atoms with Gasteiger partial charge in [-0.15, -0.1) is 0 Å². The monoisotopic (exact) mass is 492 g/mol. The molecule has 0 saturated carbocycles. The number of methoxy groups -OCH3 is 1. The first kappa shape index (κ1) is 22.7. The number of amides is 2. The van der Waals surface area contributed by atoms with Crippen molar-refractivity contribution in [2.24, 2.45) is 5.92 Å². The molecule has 1 N–H and O–H groups in total. The van der Waals surface area contributed by atoms with E-state index in [1.165, 1.54) is 0 Å². The van der Waals surface area contributed by atoms with Crippen LogP contribution in [0.15, 0.2) is 95.4 Å². The van der Waals surface area contributed by atoms with Gasteiger partial charge in [-0.05, 0) is 54.6 Å². The fraction of sp³-hybridized carbons (Fsp3) is 0.133. The topological polar surface area (TPSA) is 81.0 Å². The second-order valence-corrected chi connectivity index (χ2v) is 8.95. The van der Waals surface area contributed by atoms with Gasteiger partial charge in [-0.1, -0.05) is 30.3 Å². The summed E-state index contributed by atoms with van der Waals surface area (Å²) in [7, 11) is 1.59. The van der Waals surface area contributed by atoms with E-state index < -0.39 is 5.92 Å². The van der Waals surface area contributed by atoms with Gasteiger partial charge in [0.15, 0.2) is 11.5 Å². The Bertz CT molecular complexity index is 1620. The minimum Gasteiger partial charge on any atom is -0.493 e. The lowest BCUT2D eigenvalue weighted by molar-refractivity contribution is -0.122. The summed E-state index contributed by atoms with van der Waals surface area (Å²) < 4.78 is 17.2. The number of ether oxygens (including phenoxy) is 2. The van der Waals surface area contributed by atoms with Crippen LogP contribution in [0.2, 0.25) is 0 Å². The van der Waals surface area contributed by atoms with E-state index in [2.05, 4.69) is 5.32 Å². The molecular weight excluding hydrogens is 468 g/mol. The van der Waals surface area contributed by atoms with Gasteiger partial charge in [0.25, 0.3) is 0 Å². The molecule has 1 aliphatic rings. The maximum atomic E-state index is 13.0. The molecule has 0 aliphatic carbocycles. The predicted molar refractivity (Wildman–Crippen MR) is 142 cm³/mol. The lowest BCUT2D eigenvalue weighted by Gasteiger charge is -2.17. The van der Waals surface area contributed by atoms with Gasteiger partial charge in [-0.3, -0.25) is 9.59 Å². The van der Waals surface area contributed by atoms with Crippen molar-refractivity contribution in [3.05, 3.63) is 91.0 Å². The van der Waals surface area contributed by atoms with E-state index in [-0.39, 0.29) is 18.2 Å². The van der Waals surface area contributed by atoms with Crippen molar-refractivity contribution in [2.45, 2.75) is 6.42 Å². The average Bonchev–Trinajstić information content (AvgIpc) is 3.49. The molecule has 37 heavy (non-hydrogen) atoms. The molecule has 7 heteroatoms. The molecule has 6 rings (SSSR count). The second kappa shape index (κ2) is 9.35. The number of hydrogen-bond acceptors (Lipinski definition) is 5. The fourth-order valence-electron chi connectivity index (χ4n) is 4.70. The van der Waals surface area contributed by atoms with E-state index in [0.29, 0.717) is 35.1 Å². The van der Waals surface area contributed by atoms with Crippen LogP contribution in [-0.2, 0) is 9.59 Å². The molecule has 0 spiro atoms. The van der Waals surface area contributed by atoms with E-state index in [4.69, 9.17) is 13.9 Å². The molecule has 0 radical (unpaired) electrons. The van der Waals surface area contributed by atoms with Crippen LogP contribution in [0.5, 0.6) is 17.2 Å². The number of rotatable bonds is 6.